The first-order chi connectivity index (χ1) is 14.8. The molecule has 1 aliphatic carbocycles. The van der Waals surface area contributed by atoms with Gasteiger partial charge in [-0.2, -0.15) is 0 Å². The first-order valence-electron chi connectivity index (χ1n) is 10.1. The van der Waals surface area contributed by atoms with Gasteiger partial charge >= 0.3 is 6.09 Å². The summed E-state index contributed by atoms with van der Waals surface area (Å²) < 4.78 is 12.1. The standard InChI is InChI=1S/C25H24INO3/c26-14-19(16-29-15-18-8-2-1-3-9-18)27-25(28)30-17-24-22-12-6-4-10-20(22)21-11-5-7-13-23(21)24/h1-13,19,24H,14-17H2,(H,27,28)/t19-/m1/s1. The van der Waals surface area contributed by atoms with Crippen LogP contribution in [-0.4, -0.2) is 29.8 Å². The summed E-state index contributed by atoms with van der Waals surface area (Å²) in [5, 5.41) is 2.93. The van der Waals surface area contributed by atoms with Crippen molar-refractivity contribution in [1.29, 1.82) is 0 Å². The minimum atomic E-state index is -0.401. The van der Waals surface area contributed by atoms with Gasteiger partial charge in [-0.25, -0.2) is 4.79 Å². The number of alkyl halides is 1. The minimum absolute atomic E-state index is 0.0653. The van der Waals surface area contributed by atoms with E-state index < -0.39 is 6.09 Å². The van der Waals surface area contributed by atoms with Gasteiger partial charge in [0.15, 0.2) is 0 Å². The summed E-state index contributed by atoms with van der Waals surface area (Å²) in [6.45, 7) is 1.29. The molecule has 1 atom stereocenters. The number of alkyl carbamates (subject to hydrolysis) is 1. The van der Waals surface area contributed by atoms with Gasteiger partial charge in [-0.1, -0.05) is 101 Å². The van der Waals surface area contributed by atoms with Gasteiger partial charge in [-0.05, 0) is 27.8 Å². The smallest absolute Gasteiger partial charge is 0.407 e. The number of carbonyl (C=O) groups excluding carboxylic acids is 1. The number of halogens is 1. The third-order valence-corrected chi connectivity index (χ3v) is 6.35. The predicted molar refractivity (Wildman–Crippen MR) is 127 cm³/mol. The lowest BCUT2D eigenvalue weighted by molar-refractivity contribution is 0.0952. The van der Waals surface area contributed by atoms with E-state index in [1.807, 2.05) is 54.6 Å². The molecule has 0 fully saturated rings. The second kappa shape index (κ2) is 10.1. The fourth-order valence-corrected chi connectivity index (χ4v) is 4.30. The molecule has 4 nitrogen and oxygen atoms in total. The molecule has 0 spiro atoms. The van der Waals surface area contributed by atoms with Crippen LogP contribution in [0.25, 0.3) is 11.1 Å². The highest BCUT2D eigenvalue weighted by atomic mass is 127. The van der Waals surface area contributed by atoms with Crippen molar-refractivity contribution in [2.45, 2.75) is 18.6 Å². The van der Waals surface area contributed by atoms with Crippen molar-refractivity contribution < 1.29 is 14.3 Å². The van der Waals surface area contributed by atoms with Crippen LogP contribution in [0.5, 0.6) is 0 Å². The zero-order chi connectivity index (χ0) is 20.8. The van der Waals surface area contributed by atoms with E-state index in [0.717, 1.165) is 9.99 Å². The van der Waals surface area contributed by atoms with Crippen molar-refractivity contribution in [1.82, 2.24) is 5.32 Å². The number of hydrogen-bond donors (Lipinski definition) is 1. The Kier molecular flexibility index (Phi) is 7.02. The van der Waals surface area contributed by atoms with E-state index in [9.17, 15) is 4.79 Å². The van der Waals surface area contributed by atoms with Crippen molar-refractivity contribution in [3.05, 3.63) is 95.6 Å². The molecule has 1 amide bonds. The maximum Gasteiger partial charge on any atom is 0.407 e. The molecular weight excluding hydrogens is 489 g/mol. The fourth-order valence-electron chi connectivity index (χ4n) is 3.82. The maximum absolute atomic E-state index is 12.4. The molecule has 30 heavy (non-hydrogen) atoms. The fraction of sp³-hybridized carbons (Fsp3) is 0.240. The van der Waals surface area contributed by atoms with Gasteiger partial charge in [0.2, 0.25) is 0 Å². The number of amides is 1. The number of nitrogens with one attached hydrogen (secondary N) is 1. The summed E-state index contributed by atoms with van der Waals surface area (Å²) in [6, 6.07) is 26.6. The molecule has 5 heteroatoms. The van der Waals surface area contributed by atoms with Crippen LogP contribution in [0, 0.1) is 0 Å². The highest BCUT2D eigenvalue weighted by molar-refractivity contribution is 14.1. The maximum atomic E-state index is 12.4. The third-order valence-electron chi connectivity index (χ3n) is 5.28. The van der Waals surface area contributed by atoms with Crippen LogP contribution in [0.4, 0.5) is 4.79 Å². The summed E-state index contributed by atoms with van der Waals surface area (Å²) in [6.07, 6.45) is -0.401. The van der Waals surface area contributed by atoms with Crippen LogP contribution in [0.2, 0.25) is 0 Å². The van der Waals surface area contributed by atoms with E-state index >= 15 is 0 Å². The van der Waals surface area contributed by atoms with Gasteiger partial charge in [0.25, 0.3) is 0 Å². The SMILES string of the molecule is O=C(N[C@H](CI)COCc1ccccc1)OCC1c2ccccc2-c2ccccc21. The second-order valence-corrected chi connectivity index (χ2v) is 8.20. The molecule has 1 N–H and O–H groups in total. The van der Waals surface area contributed by atoms with Gasteiger partial charge in [-0.3, -0.25) is 0 Å². The summed E-state index contributed by atoms with van der Waals surface area (Å²) in [4.78, 5) is 12.4. The van der Waals surface area contributed by atoms with Crippen LogP contribution in [0.3, 0.4) is 0 Å². The number of carbonyl (C=O) groups is 1. The quantitative estimate of drug-likeness (QED) is 0.318. The molecule has 0 saturated carbocycles. The molecule has 3 aromatic carbocycles. The van der Waals surface area contributed by atoms with Gasteiger partial charge < -0.3 is 14.8 Å². The Bertz CT molecular complexity index is 947. The van der Waals surface area contributed by atoms with E-state index in [1.54, 1.807) is 0 Å². The van der Waals surface area contributed by atoms with E-state index in [4.69, 9.17) is 9.47 Å². The molecule has 0 unspecified atom stereocenters. The zero-order valence-electron chi connectivity index (χ0n) is 16.6. The number of ether oxygens (including phenoxy) is 2. The molecule has 0 aromatic heterocycles. The average molecular weight is 513 g/mol. The van der Waals surface area contributed by atoms with E-state index in [0.29, 0.717) is 19.8 Å². The highest BCUT2D eigenvalue weighted by Gasteiger charge is 2.29. The minimum Gasteiger partial charge on any atom is -0.449 e. The summed E-state index contributed by atoms with van der Waals surface area (Å²) in [5.74, 6) is 0.0653. The molecule has 0 aliphatic heterocycles. The number of fused-ring (bicyclic) bond motifs is 3. The van der Waals surface area contributed by atoms with Crippen molar-refractivity contribution in [2.24, 2.45) is 0 Å². The molecule has 0 radical (unpaired) electrons. The summed E-state index contributed by atoms with van der Waals surface area (Å²) >= 11 is 2.25. The third kappa shape index (κ3) is 4.84. The Morgan fingerprint density at radius 3 is 2.13 bits per heavy atom. The Balaban J connectivity index is 1.31. The van der Waals surface area contributed by atoms with E-state index in [-0.39, 0.29) is 12.0 Å². The Morgan fingerprint density at radius 2 is 1.50 bits per heavy atom. The molecule has 0 saturated heterocycles. The van der Waals surface area contributed by atoms with Crippen molar-refractivity contribution >= 4 is 28.7 Å². The zero-order valence-corrected chi connectivity index (χ0v) is 18.7. The van der Waals surface area contributed by atoms with E-state index in [1.165, 1.54) is 22.3 Å². The first kappa shape index (κ1) is 20.9. The van der Waals surface area contributed by atoms with Gasteiger partial charge in [0.05, 0.1) is 19.3 Å². The molecule has 154 valence electrons. The Labute approximate surface area is 190 Å². The second-order valence-electron chi connectivity index (χ2n) is 7.32. The molecule has 4 rings (SSSR count). The van der Waals surface area contributed by atoms with Crippen molar-refractivity contribution in [2.75, 3.05) is 17.6 Å². The molecule has 3 aromatic rings. The lowest BCUT2D eigenvalue weighted by Crippen LogP contribution is -2.40. The van der Waals surface area contributed by atoms with Gasteiger partial charge in [-0.15, -0.1) is 0 Å². The van der Waals surface area contributed by atoms with Crippen LogP contribution < -0.4 is 5.32 Å². The predicted octanol–water partition coefficient (Wildman–Crippen LogP) is 5.55. The molecule has 1 aliphatic rings. The Hall–Kier alpha value is -2.38. The molecular formula is C25H24INO3. The first-order valence-corrected chi connectivity index (χ1v) is 11.6. The Morgan fingerprint density at radius 1 is 0.900 bits per heavy atom. The molecule has 0 heterocycles. The lowest BCUT2D eigenvalue weighted by atomic mass is 9.98. The average Bonchev–Trinajstić information content (AvgIpc) is 3.11. The van der Waals surface area contributed by atoms with Crippen LogP contribution in [0.1, 0.15) is 22.6 Å². The normalized spacial score (nSPS) is 13.4. The summed E-state index contributed by atoms with van der Waals surface area (Å²) in [7, 11) is 0. The number of benzene rings is 3. The topological polar surface area (TPSA) is 47.6 Å². The monoisotopic (exact) mass is 513 g/mol. The lowest BCUT2D eigenvalue weighted by Gasteiger charge is -2.18. The van der Waals surface area contributed by atoms with Crippen molar-refractivity contribution in [3.63, 3.8) is 0 Å². The van der Waals surface area contributed by atoms with Crippen LogP contribution in [-0.2, 0) is 16.1 Å². The number of rotatable bonds is 8. The highest BCUT2D eigenvalue weighted by Crippen LogP contribution is 2.44. The van der Waals surface area contributed by atoms with Crippen LogP contribution in [0.15, 0.2) is 78.9 Å². The largest absolute Gasteiger partial charge is 0.449 e. The number of hydrogen-bond acceptors (Lipinski definition) is 3. The van der Waals surface area contributed by atoms with Gasteiger partial charge in [0, 0.05) is 10.3 Å². The van der Waals surface area contributed by atoms with Crippen molar-refractivity contribution in [3.8, 4) is 11.1 Å². The molecule has 0 bridgehead atoms. The van der Waals surface area contributed by atoms with E-state index in [2.05, 4.69) is 52.2 Å². The van der Waals surface area contributed by atoms with Gasteiger partial charge in [0.1, 0.15) is 6.61 Å². The van der Waals surface area contributed by atoms with Crippen LogP contribution >= 0.6 is 22.6 Å². The summed E-state index contributed by atoms with van der Waals surface area (Å²) in [5.41, 5.74) is 5.99.